The first-order chi connectivity index (χ1) is 7.88. The Kier molecular flexibility index (Phi) is 4.03. The van der Waals surface area contributed by atoms with E-state index in [9.17, 15) is 0 Å². The number of nitrogens with one attached hydrogen (secondary N) is 1. The highest BCUT2D eigenvalue weighted by atomic mass is 16.5. The van der Waals surface area contributed by atoms with Gasteiger partial charge < -0.3 is 10.1 Å². The van der Waals surface area contributed by atoms with Crippen LogP contribution in [0.25, 0.3) is 0 Å². The van der Waals surface area contributed by atoms with E-state index in [4.69, 9.17) is 4.74 Å². The number of methoxy groups -OCH3 is 1. The minimum Gasteiger partial charge on any atom is -0.481 e. The Balaban J connectivity index is 1.75. The zero-order valence-electron chi connectivity index (χ0n) is 9.91. The molecule has 1 aromatic rings. The number of nitrogens with zero attached hydrogens (tertiary/aromatic N) is 1. The van der Waals surface area contributed by atoms with Gasteiger partial charge in [-0.15, -0.1) is 0 Å². The summed E-state index contributed by atoms with van der Waals surface area (Å²) in [5, 5.41) is 3.36. The van der Waals surface area contributed by atoms with Crippen LogP contribution < -0.4 is 10.1 Å². The van der Waals surface area contributed by atoms with Crippen LogP contribution in [0.3, 0.4) is 0 Å². The molecule has 1 heterocycles. The van der Waals surface area contributed by atoms with Gasteiger partial charge in [-0.1, -0.05) is 31.7 Å². The van der Waals surface area contributed by atoms with Crippen molar-refractivity contribution in [2.24, 2.45) is 5.92 Å². The van der Waals surface area contributed by atoms with Crippen LogP contribution in [0, 0.1) is 5.92 Å². The van der Waals surface area contributed by atoms with E-state index >= 15 is 0 Å². The van der Waals surface area contributed by atoms with Gasteiger partial charge in [0.05, 0.1) is 7.11 Å². The molecule has 0 saturated heterocycles. The fourth-order valence-corrected chi connectivity index (χ4v) is 2.33. The van der Waals surface area contributed by atoms with Crippen LogP contribution in [0.2, 0.25) is 0 Å². The highest BCUT2D eigenvalue weighted by Gasteiger charge is 2.13. The van der Waals surface area contributed by atoms with E-state index in [0.29, 0.717) is 5.88 Å². The fourth-order valence-electron chi connectivity index (χ4n) is 2.33. The van der Waals surface area contributed by atoms with Gasteiger partial charge in [0.15, 0.2) is 0 Å². The SMILES string of the molecule is COc1cccc(NCCC2CCCC2)n1. The van der Waals surface area contributed by atoms with Gasteiger partial charge in [0.1, 0.15) is 5.82 Å². The van der Waals surface area contributed by atoms with Crippen molar-refractivity contribution in [3.63, 3.8) is 0 Å². The van der Waals surface area contributed by atoms with Gasteiger partial charge in [0, 0.05) is 12.6 Å². The molecular weight excluding hydrogens is 200 g/mol. The van der Waals surface area contributed by atoms with Crippen molar-refractivity contribution in [1.82, 2.24) is 4.98 Å². The molecule has 0 bridgehead atoms. The zero-order valence-corrected chi connectivity index (χ0v) is 9.91. The lowest BCUT2D eigenvalue weighted by Gasteiger charge is -2.10. The molecule has 3 nitrogen and oxygen atoms in total. The third kappa shape index (κ3) is 3.12. The first-order valence-corrected chi connectivity index (χ1v) is 6.13. The van der Waals surface area contributed by atoms with Crippen LogP contribution in [0.4, 0.5) is 5.82 Å². The summed E-state index contributed by atoms with van der Waals surface area (Å²) in [6, 6.07) is 5.81. The number of pyridine rings is 1. The van der Waals surface area contributed by atoms with E-state index in [-0.39, 0.29) is 0 Å². The van der Waals surface area contributed by atoms with Gasteiger partial charge in [0.2, 0.25) is 5.88 Å². The monoisotopic (exact) mass is 220 g/mol. The molecule has 3 heteroatoms. The van der Waals surface area contributed by atoms with E-state index in [0.717, 1.165) is 18.3 Å². The standard InChI is InChI=1S/C13H20N2O/c1-16-13-8-4-7-12(15-13)14-10-9-11-5-2-3-6-11/h4,7-8,11H,2-3,5-6,9-10H2,1H3,(H,14,15). The summed E-state index contributed by atoms with van der Waals surface area (Å²) in [4.78, 5) is 4.32. The van der Waals surface area contributed by atoms with Gasteiger partial charge in [-0.3, -0.25) is 0 Å². The summed E-state index contributed by atoms with van der Waals surface area (Å²) in [6.45, 7) is 1.02. The summed E-state index contributed by atoms with van der Waals surface area (Å²) in [5.74, 6) is 2.52. The quantitative estimate of drug-likeness (QED) is 0.828. The predicted octanol–water partition coefficient (Wildman–Crippen LogP) is 3.08. The molecule has 16 heavy (non-hydrogen) atoms. The molecule has 0 radical (unpaired) electrons. The second-order valence-electron chi connectivity index (χ2n) is 4.43. The van der Waals surface area contributed by atoms with E-state index in [1.54, 1.807) is 7.11 Å². The highest BCUT2D eigenvalue weighted by molar-refractivity contribution is 5.36. The Labute approximate surface area is 97.2 Å². The Morgan fingerprint density at radius 1 is 1.38 bits per heavy atom. The lowest BCUT2D eigenvalue weighted by molar-refractivity contribution is 0.398. The van der Waals surface area contributed by atoms with Crippen LogP contribution in [0.5, 0.6) is 5.88 Å². The molecule has 0 atom stereocenters. The largest absolute Gasteiger partial charge is 0.481 e. The molecule has 1 aromatic heterocycles. The smallest absolute Gasteiger partial charge is 0.214 e. The molecule has 0 amide bonds. The molecule has 0 spiro atoms. The topological polar surface area (TPSA) is 34.1 Å². The molecule has 2 rings (SSSR count). The third-order valence-electron chi connectivity index (χ3n) is 3.27. The second kappa shape index (κ2) is 5.73. The number of rotatable bonds is 5. The average molecular weight is 220 g/mol. The maximum atomic E-state index is 5.08. The fraction of sp³-hybridized carbons (Fsp3) is 0.615. The Bertz CT molecular complexity index is 321. The minimum atomic E-state index is 0.672. The third-order valence-corrected chi connectivity index (χ3v) is 3.27. The van der Waals surface area contributed by atoms with E-state index in [1.807, 2.05) is 18.2 Å². The first kappa shape index (κ1) is 11.2. The summed E-state index contributed by atoms with van der Waals surface area (Å²) < 4.78 is 5.08. The maximum Gasteiger partial charge on any atom is 0.214 e. The van der Waals surface area contributed by atoms with Gasteiger partial charge in [-0.25, -0.2) is 0 Å². The molecule has 0 unspecified atom stereocenters. The number of hydrogen-bond donors (Lipinski definition) is 1. The van der Waals surface area contributed by atoms with Gasteiger partial charge >= 0.3 is 0 Å². The van der Waals surface area contributed by atoms with Gasteiger partial charge in [0.25, 0.3) is 0 Å². The number of aromatic nitrogens is 1. The van der Waals surface area contributed by atoms with Crippen LogP contribution in [0.1, 0.15) is 32.1 Å². The molecular formula is C13H20N2O. The first-order valence-electron chi connectivity index (χ1n) is 6.13. The van der Waals surface area contributed by atoms with Crippen molar-refractivity contribution in [3.05, 3.63) is 18.2 Å². The van der Waals surface area contributed by atoms with E-state index in [2.05, 4.69) is 10.3 Å². The molecule has 0 aromatic carbocycles. The number of hydrogen-bond acceptors (Lipinski definition) is 3. The van der Waals surface area contributed by atoms with Crippen LogP contribution in [-0.4, -0.2) is 18.6 Å². The number of ether oxygens (including phenoxy) is 1. The van der Waals surface area contributed by atoms with E-state index in [1.165, 1.54) is 32.1 Å². The average Bonchev–Trinajstić information content (AvgIpc) is 2.82. The van der Waals surface area contributed by atoms with Crippen molar-refractivity contribution >= 4 is 5.82 Å². The minimum absolute atomic E-state index is 0.672. The molecule has 1 fully saturated rings. The van der Waals surface area contributed by atoms with E-state index < -0.39 is 0 Å². The molecule has 0 aliphatic heterocycles. The lowest BCUT2D eigenvalue weighted by Crippen LogP contribution is -2.07. The van der Waals surface area contributed by atoms with Crippen molar-refractivity contribution in [2.75, 3.05) is 19.0 Å². The van der Waals surface area contributed by atoms with Crippen molar-refractivity contribution in [1.29, 1.82) is 0 Å². The lowest BCUT2D eigenvalue weighted by atomic mass is 10.0. The van der Waals surface area contributed by atoms with Gasteiger partial charge in [-0.2, -0.15) is 4.98 Å². The van der Waals surface area contributed by atoms with Crippen molar-refractivity contribution in [2.45, 2.75) is 32.1 Å². The Morgan fingerprint density at radius 3 is 2.94 bits per heavy atom. The predicted molar refractivity (Wildman–Crippen MR) is 65.9 cm³/mol. The molecule has 1 saturated carbocycles. The Morgan fingerprint density at radius 2 is 2.19 bits per heavy atom. The van der Waals surface area contributed by atoms with Crippen molar-refractivity contribution < 1.29 is 4.74 Å². The second-order valence-corrected chi connectivity index (χ2v) is 4.43. The summed E-state index contributed by atoms with van der Waals surface area (Å²) >= 11 is 0. The van der Waals surface area contributed by atoms with Crippen LogP contribution >= 0.6 is 0 Å². The van der Waals surface area contributed by atoms with Gasteiger partial charge in [-0.05, 0) is 18.4 Å². The molecule has 88 valence electrons. The normalized spacial score (nSPS) is 16.3. The molecule has 1 aliphatic rings. The zero-order chi connectivity index (χ0) is 11.2. The summed E-state index contributed by atoms with van der Waals surface area (Å²) in [5.41, 5.74) is 0. The number of anilines is 1. The van der Waals surface area contributed by atoms with Crippen LogP contribution in [-0.2, 0) is 0 Å². The Hall–Kier alpha value is -1.25. The highest BCUT2D eigenvalue weighted by Crippen LogP contribution is 2.27. The van der Waals surface area contributed by atoms with Crippen LogP contribution in [0.15, 0.2) is 18.2 Å². The summed E-state index contributed by atoms with van der Waals surface area (Å²) in [6.07, 6.45) is 6.92. The van der Waals surface area contributed by atoms with Crippen molar-refractivity contribution in [3.8, 4) is 5.88 Å². The summed E-state index contributed by atoms with van der Waals surface area (Å²) in [7, 11) is 1.64. The molecule has 1 aliphatic carbocycles. The maximum absolute atomic E-state index is 5.08. The molecule has 1 N–H and O–H groups in total.